The van der Waals surface area contributed by atoms with Crippen LogP contribution in [0.15, 0.2) is 0 Å². The number of rotatable bonds is 12. The van der Waals surface area contributed by atoms with E-state index in [0.717, 1.165) is 0 Å². The van der Waals surface area contributed by atoms with Gasteiger partial charge in [-0.25, -0.2) is 9.98 Å². The normalized spacial score (nSPS) is 43.4. The van der Waals surface area contributed by atoms with Crippen molar-refractivity contribution in [2.24, 2.45) is 28.7 Å². The van der Waals surface area contributed by atoms with Gasteiger partial charge in [0.15, 0.2) is 12.6 Å². The van der Waals surface area contributed by atoms with Crippen LogP contribution in [0, 0.1) is 17.3 Å². The average Bonchev–Trinajstić information content (AvgIpc) is 2.95. The number of hydrogen-bond acceptors (Lipinski definition) is 18. The fraction of sp³-hybridized carbons (Fsp3) is 1.00. The molecule has 15 atom stereocenters. The molecule has 2 heterocycles. The van der Waals surface area contributed by atoms with Gasteiger partial charge in [0.2, 0.25) is 0 Å². The highest BCUT2D eigenvalue weighted by Crippen LogP contribution is 2.40. The van der Waals surface area contributed by atoms with Crippen LogP contribution in [0.25, 0.3) is 0 Å². The summed E-state index contributed by atoms with van der Waals surface area (Å²) in [7, 11) is 0. The Bertz CT molecular complexity index is 896. The number of ether oxygens (including phenoxy) is 5. The summed E-state index contributed by atoms with van der Waals surface area (Å²) in [6, 6.07) is -3.17. The molecular formula is C27H53N3O14S. The SMILES string of the molecule is CC(C)(C)OC1OC(CO)C(OC2CC(CO)C(OC3OC(CO)C(C(C)(C)C)C(O)C3N)C(O)C2N)C(O)C1NSOOO. The molecule has 266 valence electrons. The van der Waals surface area contributed by atoms with Crippen LogP contribution in [-0.2, 0) is 33.1 Å². The standard InChI is InChI=1S/C27H53N3O14S/c1-26(2,3)15-13(9-32)39-24(17(29)19(15)34)41-22-11(8-31)7-12(16(28)20(22)35)38-23-14(10-33)40-25(42-27(4,5)6)18(21(23)36)30-45-44-43-37/h11-25,30-37H,7-10,28-29H2,1-6H3. The molecule has 3 fully saturated rings. The Balaban J connectivity index is 1.77. The molecule has 0 aromatic rings. The predicted octanol–water partition coefficient (Wildman–Crippen LogP) is -2.27. The van der Waals surface area contributed by atoms with E-state index in [2.05, 4.69) is 14.1 Å². The summed E-state index contributed by atoms with van der Waals surface area (Å²) in [5, 5.41) is 76.3. The molecule has 45 heavy (non-hydrogen) atoms. The molecule has 0 amide bonds. The van der Waals surface area contributed by atoms with Crippen molar-refractivity contribution in [3.63, 3.8) is 0 Å². The molecule has 0 bridgehead atoms. The van der Waals surface area contributed by atoms with Crippen molar-refractivity contribution in [2.75, 3.05) is 19.8 Å². The summed E-state index contributed by atoms with van der Waals surface area (Å²) in [5.74, 6) is -1.25. The zero-order valence-corrected chi connectivity index (χ0v) is 27.4. The van der Waals surface area contributed by atoms with Crippen LogP contribution in [0.1, 0.15) is 48.0 Å². The van der Waals surface area contributed by atoms with E-state index in [-0.39, 0.29) is 6.42 Å². The van der Waals surface area contributed by atoms with E-state index in [1.54, 1.807) is 20.8 Å². The van der Waals surface area contributed by atoms with Gasteiger partial charge in [0.05, 0.1) is 67.5 Å². The lowest BCUT2D eigenvalue weighted by atomic mass is 9.71. The molecule has 2 aliphatic heterocycles. The molecule has 15 unspecified atom stereocenters. The summed E-state index contributed by atoms with van der Waals surface area (Å²) >= 11 is 0.445. The van der Waals surface area contributed by atoms with Gasteiger partial charge in [0, 0.05) is 18.4 Å². The average molecular weight is 676 g/mol. The Morgan fingerprint density at radius 2 is 1.42 bits per heavy atom. The third kappa shape index (κ3) is 9.43. The summed E-state index contributed by atoms with van der Waals surface area (Å²) in [4.78, 5) is 0. The molecule has 18 heteroatoms. The van der Waals surface area contributed by atoms with E-state index >= 15 is 0 Å². The quantitative estimate of drug-likeness (QED) is 0.0343. The highest BCUT2D eigenvalue weighted by atomic mass is 32.2. The summed E-state index contributed by atoms with van der Waals surface area (Å²) in [5.41, 5.74) is 11.6. The number of nitrogens with one attached hydrogen (secondary N) is 1. The first-order valence-electron chi connectivity index (χ1n) is 15.1. The summed E-state index contributed by atoms with van der Waals surface area (Å²) in [6.07, 6.45) is -11.3. The van der Waals surface area contributed by atoms with Gasteiger partial charge in [-0.2, -0.15) is 0 Å². The third-order valence-electron chi connectivity index (χ3n) is 8.55. The first-order chi connectivity index (χ1) is 21.0. The largest absolute Gasteiger partial charge is 0.396 e. The lowest BCUT2D eigenvalue weighted by Gasteiger charge is -2.51. The number of aliphatic hydroxyl groups excluding tert-OH is 6. The maximum absolute atomic E-state index is 11.4. The smallest absolute Gasteiger partial charge is 0.177 e. The minimum Gasteiger partial charge on any atom is -0.396 e. The van der Waals surface area contributed by atoms with Gasteiger partial charge in [-0.05, 0) is 32.6 Å². The molecule has 1 saturated carbocycles. The van der Waals surface area contributed by atoms with Crippen molar-refractivity contribution in [2.45, 2.75) is 133 Å². The van der Waals surface area contributed by atoms with Crippen LogP contribution in [0.5, 0.6) is 0 Å². The van der Waals surface area contributed by atoms with Crippen molar-refractivity contribution >= 4 is 12.2 Å². The van der Waals surface area contributed by atoms with E-state index in [1.165, 1.54) is 0 Å². The summed E-state index contributed by atoms with van der Waals surface area (Å²) in [6.45, 7) is 9.58. The van der Waals surface area contributed by atoms with Gasteiger partial charge in [0.1, 0.15) is 30.5 Å². The topological polar surface area (TPSA) is 270 Å². The minimum absolute atomic E-state index is 0.0511. The number of nitrogens with two attached hydrogens (primary N) is 2. The molecule has 2 saturated heterocycles. The maximum atomic E-state index is 11.4. The van der Waals surface area contributed by atoms with Crippen molar-refractivity contribution in [1.82, 2.24) is 4.72 Å². The van der Waals surface area contributed by atoms with Crippen LogP contribution in [0.2, 0.25) is 0 Å². The lowest BCUT2D eigenvalue weighted by Crippen LogP contribution is -2.68. The Hall–Kier alpha value is -0.330. The van der Waals surface area contributed by atoms with E-state index in [1.807, 2.05) is 20.8 Å². The molecule has 0 radical (unpaired) electrons. The van der Waals surface area contributed by atoms with Crippen molar-refractivity contribution < 1.29 is 69.0 Å². The second-order valence-corrected chi connectivity index (χ2v) is 14.5. The van der Waals surface area contributed by atoms with Gasteiger partial charge in [-0.3, -0.25) is 0 Å². The Morgan fingerprint density at radius 1 is 0.800 bits per heavy atom. The van der Waals surface area contributed by atoms with Crippen molar-refractivity contribution in [3.8, 4) is 0 Å². The van der Waals surface area contributed by atoms with Crippen LogP contribution in [-0.4, -0.2) is 141 Å². The van der Waals surface area contributed by atoms with Gasteiger partial charge < -0.3 is 65.8 Å². The molecule has 0 aromatic heterocycles. The first kappa shape index (κ1) is 39.1. The molecule has 3 rings (SSSR count). The number of aliphatic hydroxyl groups is 6. The molecule has 1 aliphatic carbocycles. The van der Waals surface area contributed by atoms with Gasteiger partial charge >= 0.3 is 0 Å². The minimum atomic E-state index is -1.42. The van der Waals surface area contributed by atoms with Crippen LogP contribution >= 0.6 is 12.2 Å². The molecule has 0 aromatic carbocycles. The second-order valence-electron chi connectivity index (χ2n) is 14.0. The first-order valence-corrected chi connectivity index (χ1v) is 15.8. The van der Waals surface area contributed by atoms with E-state index in [4.69, 9.17) is 40.4 Å². The predicted molar refractivity (Wildman–Crippen MR) is 157 cm³/mol. The Morgan fingerprint density at radius 3 is 1.96 bits per heavy atom. The molecule has 17 nitrogen and oxygen atoms in total. The van der Waals surface area contributed by atoms with Crippen molar-refractivity contribution in [3.05, 3.63) is 0 Å². The molecule has 3 aliphatic rings. The summed E-state index contributed by atoms with van der Waals surface area (Å²) < 4.78 is 37.2. The van der Waals surface area contributed by atoms with Crippen LogP contribution in [0.3, 0.4) is 0 Å². The highest BCUT2D eigenvalue weighted by Gasteiger charge is 2.54. The van der Waals surface area contributed by atoms with Gasteiger partial charge in [-0.1, -0.05) is 25.8 Å². The van der Waals surface area contributed by atoms with E-state index in [0.29, 0.717) is 12.2 Å². The third-order valence-corrected chi connectivity index (χ3v) is 9.05. The van der Waals surface area contributed by atoms with Crippen LogP contribution < -0.4 is 16.2 Å². The molecule has 12 N–H and O–H groups in total. The highest BCUT2D eigenvalue weighted by molar-refractivity contribution is 7.92. The van der Waals surface area contributed by atoms with Crippen LogP contribution in [0.4, 0.5) is 0 Å². The lowest BCUT2D eigenvalue weighted by molar-refractivity contribution is -0.432. The Kier molecular flexibility index (Phi) is 14.2. The van der Waals surface area contributed by atoms with Crippen molar-refractivity contribution in [1.29, 1.82) is 0 Å². The fourth-order valence-corrected chi connectivity index (χ4v) is 6.83. The molecular weight excluding hydrogens is 622 g/mol. The van der Waals surface area contributed by atoms with E-state index in [9.17, 15) is 30.6 Å². The second kappa shape index (κ2) is 16.4. The fourth-order valence-electron chi connectivity index (χ4n) is 6.40. The Labute approximate surface area is 267 Å². The number of hydrogen-bond donors (Lipinski definition) is 10. The monoisotopic (exact) mass is 675 g/mol. The molecule has 0 spiro atoms. The zero-order chi connectivity index (χ0) is 33.9. The van der Waals surface area contributed by atoms with E-state index < -0.39 is 122 Å². The zero-order valence-electron chi connectivity index (χ0n) is 26.5. The van der Waals surface area contributed by atoms with Gasteiger partial charge in [-0.15, -0.1) is 4.33 Å². The maximum Gasteiger partial charge on any atom is 0.177 e. The van der Waals surface area contributed by atoms with Gasteiger partial charge in [0.25, 0.3) is 0 Å².